The molecular formula is C16H15N3O4S. The second-order valence-electron chi connectivity index (χ2n) is 5.73. The number of nitrogens with one attached hydrogen (secondary N) is 3. The number of H-pyrrole nitrogens is 2. The molecular weight excluding hydrogens is 330 g/mol. The summed E-state index contributed by atoms with van der Waals surface area (Å²) in [5.74, 6) is 0.791. The molecule has 0 bridgehead atoms. The highest BCUT2D eigenvalue weighted by atomic mass is 32.2. The van der Waals surface area contributed by atoms with E-state index >= 15 is 0 Å². The molecule has 0 fully saturated rings. The number of ether oxygens (including phenoxy) is 1. The molecule has 0 amide bonds. The van der Waals surface area contributed by atoms with Gasteiger partial charge in [-0.2, -0.15) is 0 Å². The summed E-state index contributed by atoms with van der Waals surface area (Å²) < 4.78 is 33.5. The Balaban J connectivity index is 1.59. The van der Waals surface area contributed by atoms with Gasteiger partial charge in [-0.05, 0) is 36.2 Å². The maximum atomic E-state index is 12.6. The summed E-state index contributed by atoms with van der Waals surface area (Å²) in [5, 5.41) is 0. The van der Waals surface area contributed by atoms with E-state index in [1.165, 1.54) is 12.1 Å². The van der Waals surface area contributed by atoms with Crippen LogP contribution in [0, 0.1) is 0 Å². The predicted molar refractivity (Wildman–Crippen MR) is 88.7 cm³/mol. The first-order chi connectivity index (χ1) is 11.5. The van der Waals surface area contributed by atoms with Crippen molar-refractivity contribution in [2.24, 2.45) is 0 Å². The number of imidazole rings is 1. The molecule has 0 aliphatic carbocycles. The van der Waals surface area contributed by atoms with Crippen LogP contribution in [0.4, 0.5) is 0 Å². The molecule has 7 nitrogen and oxygen atoms in total. The van der Waals surface area contributed by atoms with E-state index < -0.39 is 10.0 Å². The summed E-state index contributed by atoms with van der Waals surface area (Å²) in [5.41, 5.74) is 1.62. The highest BCUT2D eigenvalue weighted by Crippen LogP contribution is 2.25. The fourth-order valence-electron chi connectivity index (χ4n) is 2.87. The molecule has 2 heterocycles. The largest absolute Gasteiger partial charge is 0.492 e. The lowest BCUT2D eigenvalue weighted by atomic mass is 10.0. The van der Waals surface area contributed by atoms with Crippen molar-refractivity contribution in [3.63, 3.8) is 0 Å². The Labute approximate surface area is 137 Å². The van der Waals surface area contributed by atoms with Gasteiger partial charge in [0.2, 0.25) is 10.0 Å². The number of benzene rings is 2. The van der Waals surface area contributed by atoms with E-state index in [2.05, 4.69) is 14.7 Å². The van der Waals surface area contributed by atoms with Crippen molar-refractivity contribution in [3.8, 4) is 5.75 Å². The zero-order valence-corrected chi connectivity index (χ0v) is 13.4. The zero-order chi connectivity index (χ0) is 16.7. The Kier molecular flexibility index (Phi) is 3.43. The summed E-state index contributed by atoms with van der Waals surface area (Å²) in [6, 6.07) is 11.7. The maximum Gasteiger partial charge on any atom is 0.323 e. The number of hydrogen-bond donors (Lipinski definition) is 3. The van der Waals surface area contributed by atoms with Crippen molar-refractivity contribution in [1.29, 1.82) is 0 Å². The van der Waals surface area contributed by atoms with Crippen LogP contribution in [0.2, 0.25) is 0 Å². The summed E-state index contributed by atoms with van der Waals surface area (Å²) in [6.07, 6.45) is 0.568. The Morgan fingerprint density at radius 2 is 1.88 bits per heavy atom. The third kappa shape index (κ3) is 2.70. The van der Waals surface area contributed by atoms with E-state index in [4.69, 9.17) is 4.74 Å². The quantitative estimate of drug-likeness (QED) is 0.662. The first-order valence-electron chi connectivity index (χ1n) is 7.46. The molecule has 24 heavy (non-hydrogen) atoms. The van der Waals surface area contributed by atoms with Gasteiger partial charge in [-0.25, -0.2) is 17.9 Å². The minimum absolute atomic E-state index is 0.101. The molecule has 124 valence electrons. The van der Waals surface area contributed by atoms with Gasteiger partial charge in [0.05, 0.1) is 22.0 Å². The van der Waals surface area contributed by atoms with Crippen LogP contribution in [0.1, 0.15) is 5.56 Å². The molecule has 0 radical (unpaired) electrons. The molecule has 1 unspecified atom stereocenters. The number of fused-ring (bicyclic) bond motifs is 2. The van der Waals surface area contributed by atoms with Gasteiger partial charge in [-0.3, -0.25) is 0 Å². The first kappa shape index (κ1) is 15.0. The van der Waals surface area contributed by atoms with Crippen molar-refractivity contribution >= 4 is 21.1 Å². The van der Waals surface area contributed by atoms with E-state index in [1.807, 2.05) is 24.3 Å². The summed E-state index contributed by atoms with van der Waals surface area (Å²) in [7, 11) is -3.71. The van der Waals surface area contributed by atoms with E-state index in [1.54, 1.807) is 6.07 Å². The lowest BCUT2D eigenvalue weighted by molar-refractivity contribution is 0.254. The fourth-order valence-corrected chi connectivity index (χ4v) is 4.12. The average Bonchev–Trinajstić information content (AvgIpc) is 2.93. The van der Waals surface area contributed by atoms with Gasteiger partial charge in [-0.15, -0.1) is 0 Å². The molecule has 3 aromatic rings. The van der Waals surface area contributed by atoms with E-state index in [-0.39, 0.29) is 23.2 Å². The van der Waals surface area contributed by atoms with E-state index in [0.29, 0.717) is 17.5 Å². The van der Waals surface area contributed by atoms with Gasteiger partial charge in [-0.1, -0.05) is 18.2 Å². The van der Waals surface area contributed by atoms with Gasteiger partial charge in [0, 0.05) is 0 Å². The first-order valence-corrected chi connectivity index (χ1v) is 8.95. The average molecular weight is 345 g/mol. The van der Waals surface area contributed by atoms with Crippen LogP contribution in [0.5, 0.6) is 5.75 Å². The molecule has 2 aromatic carbocycles. The third-order valence-corrected chi connectivity index (χ3v) is 5.52. The molecule has 0 saturated carbocycles. The van der Waals surface area contributed by atoms with Crippen molar-refractivity contribution in [2.75, 3.05) is 6.61 Å². The number of aromatic amines is 2. The monoisotopic (exact) mass is 345 g/mol. The lowest BCUT2D eigenvalue weighted by Gasteiger charge is -2.25. The number of rotatable bonds is 3. The topological polar surface area (TPSA) is 104 Å². The summed E-state index contributed by atoms with van der Waals surface area (Å²) >= 11 is 0. The maximum absolute atomic E-state index is 12.6. The van der Waals surface area contributed by atoms with Crippen LogP contribution in [0.3, 0.4) is 0 Å². The van der Waals surface area contributed by atoms with E-state index in [9.17, 15) is 13.2 Å². The van der Waals surface area contributed by atoms with E-state index in [0.717, 1.165) is 11.3 Å². The molecule has 1 aliphatic heterocycles. The molecule has 1 atom stereocenters. The van der Waals surface area contributed by atoms with Crippen molar-refractivity contribution in [1.82, 2.24) is 14.7 Å². The van der Waals surface area contributed by atoms with Gasteiger partial charge in [0.15, 0.2) is 0 Å². The van der Waals surface area contributed by atoms with Gasteiger partial charge in [0.25, 0.3) is 0 Å². The fraction of sp³-hybridized carbons (Fsp3) is 0.188. The Morgan fingerprint density at radius 1 is 1.08 bits per heavy atom. The minimum atomic E-state index is -3.71. The Bertz CT molecular complexity index is 1070. The van der Waals surface area contributed by atoms with Gasteiger partial charge < -0.3 is 14.7 Å². The van der Waals surface area contributed by atoms with Crippen LogP contribution in [-0.2, 0) is 16.4 Å². The van der Waals surface area contributed by atoms with Crippen LogP contribution < -0.4 is 15.1 Å². The number of hydrogen-bond acceptors (Lipinski definition) is 4. The van der Waals surface area contributed by atoms with Crippen molar-refractivity contribution in [2.45, 2.75) is 17.4 Å². The van der Waals surface area contributed by atoms with Gasteiger partial charge in [0.1, 0.15) is 12.4 Å². The summed E-state index contributed by atoms with van der Waals surface area (Å²) in [6.45, 7) is 0.277. The molecule has 3 N–H and O–H groups in total. The predicted octanol–water partition coefficient (Wildman–Crippen LogP) is 1.14. The molecule has 0 spiro atoms. The summed E-state index contributed by atoms with van der Waals surface area (Å²) in [4.78, 5) is 16.5. The minimum Gasteiger partial charge on any atom is -0.492 e. The molecule has 1 aromatic heterocycles. The standard InChI is InChI=1S/C16H15N3O4S/c20-16-17-13-6-5-12(8-14(13)18-16)24(21,22)19-11-7-10-3-1-2-4-15(10)23-9-11/h1-6,8,11,19H,7,9H2,(H2,17,18,20). The Hall–Kier alpha value is -2.58. The second kappa shape index (κ2) is 5.50. The highest BCUT2D eigenvalue weighted by molar-refractivity contribution is 7.89. The highest BCUT2D eigenvalue weighted by Gasteiger charge is 2.25. The van der Waals surface area contributed by atoms with Crippen LogP contribution in [0.25, 0.3) is 11.0 Å². The van der Waals surface area contributed by atoms with Crippen LogP contribution >= 0.6 is 0 Å². The molecule has 0 saturated heterocycles. The molecule has 8 heteroatoms. The van der Waals surface area contributed by atoms with Crippen molar-refractivity contribution < 1.29 is 13.2 Å². The second-order valence-corrected chi connectivity index (χ2v) is 7.44. The molecule has 4 rings (SSSR count). The normalized spacial score (nSPS) is 17.4. The molecule has 1 aliphatic rings. The third-order valence-electron chi connectivity index (χ3n) is 4.00. The van der Waals surface area contributed by atoms with Crippen LogP contribution in [0.15, 0.2) is 52.2 Å². The number of para-hydroxylation sites is 1. The van der Waals surface area contributed by atoms with Gasteiger partial charge >= 0.3 is 5.69 Å². The number of aromatic nitrogens is 2. The SMILES string of the molecule is O=c1[nH]c2ccc(S(=O)(=O)NC3COc4ccccc4C3)cc2[nH]1. The van der Waals surface area contributed by atoms with Crippen LogP contribution in [-0.4, -0.2) is 31.0 Å². The van der Waals surface area contributed by atoms with Crippen molar-refractivity contribution in [3.05, 3.63) is 58.5 Å². The Morgan fingerprint density at radius 3 is 2.75 bits per heavy atom. The smallest absolute Gasteiger partial charge is 0.323 e. The zero-order valence-electron chi connectivity index (χ0n) is 12.6. The lowest BCUT2D eigenvalue weighted by Crippen LogP contribution is -2.42. The number of sulfonamides is 1.